The first kappa shape index (κ1) is 21.5. The number of hydrogen-bond acceptors (Lipinski definition) is 3. The zero-order valence-corrected chi connectivity index (χ0v) is 16.7. The van der Waals surface area contributed by atoms with E-state index < -0.39 is 11.7 Å². The van der Waals surface area contributed by atoms with Crippen LogP contribution in [0.25, 0.3) is 0 Å². The lowest BCUT2D eigenvalue weighted by molar-refractivity contribution is -0.120. The van der Waals surface area contributed by atoms with Gasteiger partial charge in [0.2, 0.25) is 5.91 Å². The molecule has 0 saturated heterocycles. The molecule has 0 fully saturated rings. The molecule has 0 aromatic heterocycles. The van der Waals surface area contributed by atoms with Gasteiger partial charge in [-0.1, -0.05) is 18.1 Å². The monoisotopic (exact) mass is 446 g/mol. The summed E-state index contributed by atoms with van der Waals surface area (Å²) in [5, 5.41) is 5.40. The number of carbonyl (C=O) groups excluding carboxylic acids is 2. The van der Waals surface area contributed by atoms with Gasteiger partial charge in [0.1, 0.15) is 18.2 Å². The largest absolute Gasteiger partial charge is 0.481 e. The maximum atomic E-state index is 13.2. The number of nitrogens with one attached hydrogen (secondary N) is 2. The van der Waals surface area contributed by atoms with Crippen LogP contribution in [0.15, 0.2) is 46.9 Å². The third-order valence-corrected chi connectivity index (χ3v) is 4.48. The van der Waals surface area contributed by atoms with Gasteiger partial charge in [0.15, 0.2) is 0 Å². The van der Waals surface area contributed by atoms with Crippen LogP contribution in [0.4, 0.5) is 4.39 Å². The minimum absolute atomic E-state index is 0.136. The van der Waals surface area contributed by atoms with Crippen LogP contribution in [0.1, 0.15) is 22.3 Å². The lowest BCUT2D eigenvalue weighted by Gasteiger charge is -2.08. The second-order valence-corrected chi connectivity index (χ2v) is 6.72. The van der Waals surface area contributed by atoms with Gasteiger partial charge in [-0.2, -0.15) is 0 Å². The van der Waals surface area contributed by atoms with Crippen LogP contribution < -0.4 is 15.4 Å². The van der Waals surface area contributed by atoms with E-state index in [9.17, 15) is 14.0 Å². The standard InChI is InChI=1S/C21H20BrFN2O3/c1-2-13-28-17-6-3-15(4-7-17)9-11-24-20(26)10-12-25-21(27)18-14-16(23)5-8-19(18)22/h1,3-8,14H,9-13H2,(H,24,26)(H,25,27). The first-order valence-corrected chi connectivity index (χ1v) is 9.44. The molecule has 7 heteroatoms. The molecule has 2 amide bonds. The van der Waals surface area contributed by atoms with Crippen molar-refractivity contribution in [2.24, 2.45) is 0 Å². The third-order valence-electron chi connectivity index (χ3n) is 3.79. The predicted molar refractivity (Wildman–Crippen MR) is 109 cm³/mol. The molecule has 0 spiro atoms. The van der Waals surface area contributed by atoms with E-state index in [-0.39, 0.29) is 31.0 Å². The van der Waals surface area contributed by atoms with Gasteiger partial charge in [-0.15, -0.1) is 6.42 Å². The molecule has 0 aliphatic rings. The summed E-state index contributed by atoms with van der Waals surface area (Å²) in [7, 11) is 0. The van der Waals surface area contributed by atoms with E-state index in [0.717, 1.165) is 11.6 Å². The van der Waals surface area contributed by atoms with Crippen molar-refractivity contribution in [2.45, 2.75) is 12.8 Å². The Morgan fingerprint density at radius 1 is 1.11 bits per heavy atom. The second kappa shape index (κ2) is 11.1. The van der Waals surface area contributed by atoms with E-state index >= 15 is 0 Å². The van der Waals surface area contributed by atoms with Crippen molar-refractivity contribution in [1.29, 1.82) is 0 Å². The lowest BCUT2D eigenvalue weighted by Crippen LogP contribution is -2.31. The molecular weight excluding hydrogens is 427 g/mol. The molecule has 0 bridgehead atoms. The summed E-state index contributed by atoms with van der Waals surface area (Å²) in [6.45, 7) is 0.865. The highest BCUT2D eigenvalue weighted by atomic mass is 79.9. The summed E-state index contributed by atoms with van der Waals surface area (Å²) < 4.78 is 19.0. The highest BCUT2D eigenvalue weighted by molar-refractivity contribution is 9.10. The molecular formula is C21H20BrFN2O3. The molecule has 2 rings (SSSR count). The summed E-state index contributed by atoms with van der Waals surface area (Å²) in [6, 6.07) is 11.3. The van der Waals surface area contributed by atoms with Crippen LogP contribution in [0.2, 0.25) is 0 Å². The summed E-state index contributed by atoms with van der Waals surface area (Å²) in [5.74, 6) is 1.99. The van der Waals surface area contributed by atoms with Crippen LogP contribution >= 0.6 is 15.9 Å². The van der Waals surface area contributed by atoms with Crippen molar-refractivity contribution in [3.63, 3.8) is 0 Å². The van der Waals surface area contributed by atoms with Crippen LogP contribution in [0.5, 0.6) is 5.75 Å². The molecule has 146 valence electrons. The van der Waals surface area contributed by atoms with E-state index in [4.69, 9.17) is 11.2 Å². The number of halogens is 2. The molecule has 28 heavy (non-hydrogen) atoms. The zero-order valence-electron chi connectivity index (χ0n) is 15.1. The normalized spacial score (nSPS) is 10.0. The first-order chi connectivity index (χ1) is 13.5. The number of rotatable bonds is 9. The van der Waals surface area contributed by atoms with E-state index in [1.807, 2.05) is 24.3 Å². The van der Waals surface area contributed by atoms with E-state index in [2.05, 4.69) is 32.5 Å². The van der Waals surface area contributed by atoms with Crippen LogP contribution in [-0.2, 0) is 11.2 Å². The Bertz CT molecular complexity index is 863. The third kappa shape index (κ3) is 7.05. The summed E-state index contributed by atoms with van der Waals surface area (Å²) in [6.07, 6.45) is 5.94. The summed E-state index contributed by atoms with van der Waals surface area (Å²) in [5.41, 5.74) is 1.24. The fourth-order valence-corrected chi connectivity index (χ4v) is 2.79. The van der Waals surface area contributed by atoms with Crippen LogP contribution in [0.3, 0.4) is 0 Å². The first-order valence-electron chi connectivity index (χ1n) is 8.64. The number of carbonyl (C=O) groups is 2. The SMILES string of the molecule is C#CCOc1ccc(CCNC(=O)CCNC(=O)c2cc(F)ccc2Br)cc1. The Morgan fingerprint density at radius 2 is 1.86 bits per heavy atom. The predicted octanol–water partition coefficient (Wildman–Crippen LogP) is 3.08. The molecule has 0 radical (unpaired) electrons. The molecule has 0 aliphatic carbocycles. The molecule has 2 N–H and O–H groups in total. The van der Waals surface area contributed by atoms with Gasteiger partial charge in [-0.3, -0.25) is 9.59 Å². The number of hydrogen-bond donors (Lipinski definition) is 2. The van der Waals surface area contributed by atoms with Gasteiger partial charge in [0.05, 0.1) is 5.56 Å². The van der Waals surface area contributed by atoms with Crippen molar-refractivity contribution >= 4 is 27.7 Å². The quantitative estimate of drug-likeness (QED) is 0.581. The number of ether oxygens (including phenoxy) is 1. The van der Waals surface area contributed by atoms with Crippen molar-refractivity contribution in [2.75, 3.05) is 19.7 Å². The van der Waals surface area contributed by atoms with Gasteiger partial charge >= 0.3 is 0 Å². The summed E-state index contributed by atoms with van der Waals surface area (Å²) in [4.78, 5) is 23.9. The van der Waals surface area contributed by atoms with Crippen molar-refractivity contribution < 1.29 is 18.7 Å². The van der Waals surface area contributed by atoms with E-state index in [1.165, 1.54) is 12.1 Å². The average molecular weight is 447 g/mol. The topological polar surface area (TPSA) is 67.4 Å². The van der Waals surface area contributed by atoms with E-state index in [1.54, 1.807) is 0 Å². The Morgan fingerprint density at radius 3 is 2.57 bits per heavy atom. The fraction of sp³-hybridized carbons (Fsp3) is 0.238. The molecule has 2 aromatic rings. The molecule has 0 saturated carbocycles. The van der Waals surface area contributed by atoms with E-state index in [0.29, 0.717) is 23.2 Å². The van der Waals surface area contributed by atoms with Crippen molar-refractivity contribution in [3.05, 3.63) is 63.9 Å². The van der Waals surface area contributed by atoms with Crippen LogP contribution in [0, 0.1) is 18.2 Å². The number of terminal acetylenes is 1. The number of amides is 2. The molecule has 5 nitrogen and oxygen atoms in total. The molecule has 0 atom stereocenters. The molecule has 0 heterocycles. The molecule has 2 aromatic carbocycles. The van der Waals surface area contributed by atoms with Crippen LogP contribution in [-0.4, -0.2) is 31.5 Å². The Labute approximate surface area is 171 Å². The minimum atomic E-state index is -0.498. The maximum Gasteiger partial charge on any atom is 0.252 e. The fourth-order valence-electron chi connectivity index (χ4n) is 2.37. The van der Waals surface area contributed by atoms with Crippen molar-refractivity contribution in [1.82, 2.24) is 10.6 Å². The maximum absolute atomic E-state index is 13.2. The average Bonchev–Trinajstić information content (AvgIpc) is 2.69. The summed E-state index contributed by atoms with van der Waals surface area (Å²) >= 11 is 3.20. The van der Waals surface area contributed by atoms with Gasteiger partial charge in [-0.25, -0.2) is 4.39 Å². The molecule has 0 aliphatic heterocycles. The Hall–Kier alpha value is -2.85. The second-order valence-electron chi connectivity index (χ2n) is 5.87. The van der Waals surface area contributed by atoms with Gasteiger partial charge in [-0.05, 0) is 58.2 Å². The van der Waals surface area contributed by atoms with Gasteiger partial charge in [0.25, 0.3) is 5.91 Å². The highest BCUT2D eigenvalue weighted by Crippen LogP contribution is 2.17. The minimum Gasteiger partial charge on any atom is -0.481 e. The lowest BCUT2D eigenvalue weighted by atomic mass is 10.1. The number of benzene rings is 2. The highest BCUT2D eigenvalue weighted by Gasteiger charge is 2.11. The van der Waals surface area contributed by atoms with Gasteiger partial charge in [0, 0.05) is 24.0 Å². The zero-order chi connectivity index (χ0) is 20.4. The molecule has 0 unspecified atom stereocenters. The van der Waals surface area contributed by atoms with Gasteiger partial charge < -0.3 is 15.4 Å². The smallest absolute Gasteiger partial charge is 0.252 e. The Kier molecular flexibility index (Phi) is 8.50. The van der Waals surface area contributed by atoms with Crippen molar-refractivity contribution in [3.8, 4) is 18.1 Å². The Balaban J connectivity index is 1.67.